The Bertz CT molecular complexity index is 465. The second kappa shape index (κ2) is 7.18. The van der Waals surface area contributed by atoms with Crippen LogP contribution >= 0.6 is 0 Å². The first kappa shape index (κ1) is 16.9. The quantitative estimate of drug-likeness (QED) is 0.923. The Hall–Kier alpha value is -1.49. The molecule has 0 aromatic carbocycles. The average molecular weight is 308 g/mol. The van der Waals surface area contributed by atoms with Crippen molar-refractivity contribution >= 4 is 6.09 Å². The average Bonchev–Trinajstić information content (AvgIpc) is 2.97. The molecular formula is C17H28N2O3. The maximum absolute atomic E-state index is 12.2. The van der Waals surface area contributed by atoms with Crippen LogP contribution in [0.15, 0.2) is 22.8 Å². The van der Waals surface area contributed by atoms with Gasteiger partial charge in [0.1, 0.15) is 11.4 Å². The molecule has 2 heterocycles. The number of piperidine rings is 1. The predicted octanol–water partition coefficient (Wildman–Crippen LogP) is 3.58. The van der Waals surface area contributed by atoms with E-state index in [1.807, 2.05) is 37.8 Å². The summed E-state index contributed by atoms with van der Waals surface area (Å²) >= 11 is 0. The number of carbonyl (C=O) groups excluding carboxylic acids is 1. The number of hydrogen-bond acceptors (Lipinski definition) is 4. The number of rotatable bonds is 4. The minimum absolute atomic E-state index is 0.187. The Morgan fingerprint density at radius 1 is 1.55 bits per heavy atom. The van der Waals surface area contributed by atoms with E-state index in [2.05, 4.69) is 12.2 Å². The number of ether oxygens (including phenoxy) is 1. The van der Waals surface area contributed by atoms with Crippen molar-refractivity contribution in [2.45, 2.75) is 52.2 Å². The predicted molar refractivity (Wildman–Crippen MR) is 85.7 cm³/mol. The molecule has 1 aromatic rings. The monoisotopic (exact) mass is 308 g/mol. The Balaban J connectivity index is 1.79. The van der Waals surface area contributed by atoms with Gasteiger partial charge in [-0.15, -0.1) is 0 Å². The summed E-state index contributed by atoms with van der Waals surface area (Å²) in [4.78, 5) is 14.0. The summed E-state index contributed by atoms with van der Waals surface area (Å²) in [7, 11) is 0. The van der Waals surface area contributed by atoms with Crippen molar-refractivity contribution in [3.8, 4) is 0 Å². The molecule has 1 saturated heterocycles. The van der Waals surface area contributed by atoms with Crippen molar-refractivity contribution in [1.29, 1.82) is 0 Å². The van der Waals surface area contributed by atoms with Gasteiger partial charge in [-0.1, -0.05) is 0 Å². The largest absolute Gasteiger partial charge is 0.468 e. The Morgan fingerprint density at radius 3 is 2.95 bits per heavy atom. The van der Waals surface area contributed by atoms with E-state index in [-0.39, 0.29) is 12.1 Å². The van der Waals surface area contributed by atoms with Gasteiger partial charge in [0.15, 0.2) is 0 Å². The number of amides is 1. The molecule has 2 atom stereocenters. The highest BCUT2D eigenvalue weighted by Crippen LogP contribution is 2.20. The smallest absolute Gasteiger partial charge is 0.410 e. The van der Waals surface area contributed by atoms with E-state index in [0.29, 0.717) is 5.92 Å². The third-order valence-electron chi connectivity index (χ3n) is 3.85. The van der Waals surface area contributed by atoms with Crippen LogP contribution in [0.25, 0.3) is 0 Å². The molecule has 1 aliphatic heterocycles. The normalized spacial score (nSPS) is 20.7. The van der Waals surface area contributed by atoms with Crippen LogP contribution in [0, 0.1) is 5.92 Å². The first-order chi connectivity index (χ1) is 10.3. The minimum atomic E-state index is -0.434. The van der Waals surface area contributed by atoms with Crippen molar-refractivity contribution < 1.29 is 13.9 Å². The Morgan fingerprint density at radius 2 is 2.32 bits per heavy atom. The third-order valence-corrected chi connectivity index (χ3v) is 3.85. The van der Waals surface area contributed by atoms with Gasteiger partial charge in [-0.2, -0.15) is 0 Å². The molecule has 2 rings (SSSR count). The topological polar surface area (TPSA) is 54.7 Å². The van der Waals surface area contributed by atoms with Gasteiger partial charge in [0.2, 0.25) is 0 Å². The highest BCUT2D eigenvalue weighted by molar-refractivity contribution is 5.68. The van der Waals surface area contributed by atoms with Crippen molar-refractivity contribution in [3.05, 3.63) is 24.2 Å². The molecule has 1 amide bonds. The molecule has 1 N–H and O–H groups in total. The molecule has 5 heteroatoms. The van der Waals surface area contributed by atoms with E-state index >= 15 is 0 Å². The van der Waals surface area contributed by atoms with Crippen molar-refractivity contribution in [3.63, 3.8) is 0 Å². The van der Waals surface area contributed by atoms with Gasteiger partial charge in [-0.05, 0) is 58.6 Å². The number of nitrogens with one attached hydrogen (secondary N) is 1. The van der Waals surface area contributed by atoms with E-state index in [1.165, 1.54) is 0 Å². The number of nitrogens with zero attached hydrogens (tertiary/aromatic N) is 1. The minimum Gasteiger partial charge on any atom is -0.468 e. The van der Waals surface area contributed by atoms with Crippen LogP contribution in [0.1, 0.15) is 52.3 Å². The summed E-state index contributed by atoms with van der Waals surface area (Å²) in [6.07, 6.45) is 3.66. The lowest BCUT2D eigenvalue weighted by Gasteiger charge is -2.34. The van der Waals surface area contributed by atoms with Crippen molar-refractivity contribution in [2.24, 2.45) is 5.92 Å². The molecular weight excluding hydrogens is 280 g/mol. The van der Waals surface area contributed by atoms with E-state index in [9.17, 15) is 4.79 Å². The summed E-state index contributed by atoms with van der Waals surface area (Å²) < 4.78 is 10.9. The lowest BCUT2D eigenvalue weighted by atomic mass is 9.98. The van der Waals surface area contributed by atoms with Gasteiger partial charge < -0.3 is 19.4 Å². The fraction of sp³-hybridized carbons (Fsp3) is 0.706. The molecule has 1 aromatic heterocycles. The van der Waals surface area contributed by atoms with Crippen LogP contribution in [-0.4, -0.2) is 36.2 Å². The molecule has 1 fully saturated rings. The van der Waals surface area contributed by atoms with Crippen molar-refractivity contribution in [2.75, 3.05) is 19.6 Å². The fourth-order valence-electron chi connectivity index (χ4n) is 2.71. The van der Waals surface area contributed by atoms with Gasteiger partial charge in [-0.25, -0.2) is 4.79 Å². The molecule has 0 spiro atoms. The maximum Gasteiger partial charge on any atom is 0.410 e. The number of likely N-dealkylation sites (tertiary alicyclic amines) is 1. The molecule has 0 saturated carbocycles. The Labute approximate surface area is 133 Å². The standard InChI is InChI=1S/C17H28N2O3/c1-13(15-8-6-10-21-15)18-11-14-7-5-9-19(12-14)16(20)22-17(2,3)4/h6,8,10,13-14,18H,5,7,9,11-12H2,1-4H3/t13-,14+/m0/s1. The molecule has 124 valence electrons. The molecule has 0 radical (unpaired) electrons. The molecule has 5 nitrogen and oxygen atoms in total. The highest BCUT2D eigenvalue weighted by Gasteiger charge is 2.27. The Kier molecular flexibility index (Phi) is 5.51. The van der Waals surface area contributed by atoms with E-state index in [0.717, 1.165) is 38.2 Å². The van der Waals surface area contributed by atoms with Crippen LogP contribution < -0.4 is 5.32 Å². The third kappa shape index (κ3) is 5.05. The summed E-state index contributed by atoms with van der Waals surface area (Å²) in [5.41, 5.74) is -0.434. The van der Waals surface area contributed by atoms with Crippen molar-refractivity contribution in [1.82, 2.24) is 10.2 Å². The second-order valence-electron chi connectivity index (χ2n) is 7.08. The van der Waals surface area contributed by atoms with E-state index < -0.39 is 5.60 Å². The summed E-state index contributed by atoms with van der Waals surface area (Å²) in [6.45, 7) is 10.2. The van der Waals surface area contributed by atoms with Gasteiger partial charge in [0.25, 0.3) is 0 Å². The van der Waals surface area contributed by atoms with E-state index in [1.54, 1.807) is 6.26 Å². The first-order valence-electron chi connectivity index (χ1n) is 8.10. The summed E-state index contributed by atoms with van der Waals surface area (Å²) in [6, 6.07) is 4.07. The molecule has 0 bridgehead atoms. The molecule has 1 aliphatic rings. The number of carbonyl (C=O) groups is 1. The molecule has 22 heavy (non-hydrogen) atoms. The zero-order chi connectivity index (χ0) is 16.2. The first-order valence-corrected chi connectivity index (χ1v) is 8.10. The van der Waals surface area contributed by atoms with Gasteiger partial charge in [-0.3, -0.25) is 0 Å². The van der Waals surface area contributed by atoms with Gasteiger partial charge in [0.05, 0.1) is 12.3 Å². The molecule has 0 aliphatic carbocycles. The lowest BCUT2D eigenvalue weighted by Crippen LogP contribution is -2.45. The summed E-state index contributed by atoms with van der Waals surface area (Å²) in [5, 5.41) is 3.49. The van der Waals surface area contributed by atoms with Crippen LogP contribution in [-0.2, 0) is 4.74 Å². The summed E-state index contributed by atoms with van der Waals surface area (Å²) in [5.74, 6) is 1.40. The maximum atomic E-state index is 12.2. The van der Waals surface area contributed by atoms with Crippen LogP contribution in [0.2, 0.25) is 0 Å². The number of hydrogen-bond donors (Lipinski definition) is 1. The van der Waals surface area contributed by atoms with Gasteiger partial charge >= 0.3 is 6.09 Å². The van der Waals surface area contributed by atoms with Crippen LogP contribution in [0.5, 0.6) is 0 Å². The fourth-order valence-corrected chi connectivity index (χ4v) is 2.71. The second-order valence-corrected chi connectivity index (χ2v) is 7.08. The highest BCUT2D eigenvalue weighted by atomic mass is 16.6. The van der Waals surface area contributed by atoms with Crippen LogP contribution in [0.4, 0.5) is 4.79 Å². The lowest BCUT2D eigenvalue weighted by molar-refractivity contribution is 0.0165. The van der Waals surface area contributed by atoms with Gasteiger partial charge in [0, 0.05) is 19.6 Å². The number of furan rings is 1. The molecule has 0 unspecified atom stereocenters. The van der Waals surface area contributed by atoms with E-state index in [4.69, 9.17) is 9.15 Å². The SMILES string of the molecule is C[C@H](NC[C@H]1CCCN(C(=O)OC(C)(C)C)C1)c1ccco1. The van der Waals surface area contributed by atoms with Crippen LogP contribution in [0.3, 0.4) is 0 Å². The zero-order valence-electron chi connectivity index (χ0n) is 14.1. The zero-order valence-corrected chi connectivity index (χ0v) is 14.1.